The molecule has 0 aromatic carbocycles. The molecule has 2 rings (SSSR count). The van der Waals surface area contributed by atoms with Crippen molar-refractivity contribution in [2.24, 2.45) is 0 Å². The van der Waals surface area contributed by atoms with Gasteiger partial charge in [0.1, 0.15) is 0 Å². The highest BCUT2D eigenvalue weighted by Gasteiger charge is 2.33. The second-order valence-corrected chi connectivity index (χ2v) is 4.24. The number of rotatable bonds is 2. The normalized spacial score (nSPS) is 40.3. The van der Waals surface area contributed by atoms with Gasteiger partial charge < -0.3 is 14.9 Å². The van der Waals surface area contributed by atoms with Crippen LogP contribution in [0.25, 0.3) is 0 Å². The Morgan fingerprint density at radius 1 is 1.36 bits per heavy atom. The zero-order chi connectivity index (χ0) is 9.97. The van der Waals surface area contributed by atoms with Gasteiger partial charge in [-0.3, -0.25) is 4.90 Å². The molecule has 1 aliphatic heterocycles. The Hall–Kier alpha value is -0.160. The number of nitrogens with zero attached hydrogens (tertiary/aromatic N) is 1. The monoisotopic (exact) mass is 201 g/mol. The summed E-state index contributed by atoms with van der Waals surface area (Å²) < 4.78 is 5.38. The first-order chi connectivity index (χ1) is 6.81. The van der Waals surface area contributed by atoms with Gasteiger partial charge in [-0.1, -0.05) is 0 Å². The van der Waals surface area contributed by atoms with Crippen molar-refractivity contribution in [2.45, 2.75) is 37.5 Å². The van der Waals surface area contributed by atoms with Crippen LogP contribution in [0.3, 0.4) is 0 Å². The van der Waals surface area contributed by atoms with Gasteiger partial charge in [0.05, 0.1) is 25.4 Å². The number of ether oxygens (including phenoxy) is 1. The lowest BCUT2D eigenvalue weighted by Crippen LogP contribution is -2.51. The predicted molar refractivity (Wildman–Crippen MR) is 52.0 cm³/mol. The van der Waals surface area contributed by atoms with Crippen LogP contribution < -0.4 is 0 Å². The smallest absolute Gasteiger partial charge is 0.0933 e. The molecule has 1 unspecified atom stereocenters. The molecular weight excluding hydrogens is 182 g/mol. The van der Waals surface area contributed by atoms with Crippen molar-refractivity contribution in [1.82, 2.24) is 4.90 Å². The highest BCUT2D eigenvalue weighted by molar-refractivity contribution is 4.87. The minimum Gasteiger partial charge on any atom is -0.394 e. The average molecular weight is 201 g/mol. The van der Waals surface area contributed by atoms with E-state index in [1.165, 1.54) is 0 Å². The maximum atomic E-state index is 9.76. The third-order valence-electron chi connectivity index (χ3n) is 3.29. The topological polar surface area (TPSA) is 52.9 Å². The molecule has 82 valence electrons. The molecule has 4 nitrogen and oxygen atoms in total. The number of aliphatic hydroxyl groups excluding tert-OH is 2. The van der Waals surface area contributed by atoms with Gasteiger partial charge in [0.2, 0.25) is 0 Å². The lowest BCUT2D eigenvalue weighted by Gasteiger charge is -2.37. The maximum absolute atomic E-state index is 9.76. The van der Waals surface area contributed by atoms with Gasteiger partial charge >= 0.3 is 0 Å². The van der Waals surface area contributed by atoms with Crippen molar-refractivity contribution in [3.63, 3.8) is 0 Å². The van der Waals surface area contributed by atoms with Crippen molar-refractivity contribution >= 4 is 0 Å². The first-order valence-electron chi connectivity index (χ1n) is 5.46. The molecule has 2 fully saturated rings. The molecule has 3 atom stereocenters. The van der Waals surface area contributed by atoms with Gasteiger partial charge in [-0.15, -0.1) is 0 Å². The van der Waals surface area contributed by atoms with Gasteiger partial charge in [-0.05, 0) is 19.3 Å². The van der Waals surface area contributed by atoms with E-state index in [1.807, 2.05) is 0 Å². The summed E-state index contributed by atoms with van der Waals surface area (Å²) >= 11 is 0. The Bertz CT molecular complexity index is 188. The molecule has 0 spiro atoms. The molecule has 0 aromatic rings. The molecule has 0 bridgehead atoms. The lowest BCUT2D eigenvalue weighted by molar-refractivity contribution is -0.0762. The fourth-order valence-corrected chi connectivity index (χ4v) is 2.50. The summed E-state index contributed by atoms with van der Waals surface area (Å²) in [6.07, 6.45) is 2.89. The summed E-state index contributed by atoms with van der Waals surface area (Å²) in [5, 5.41) is 18.8. The van der Waals surface area contributed by atoms with Crippen LogP contribution in [0.2, 0.25) is 0 Å². The number of morpholine rings is 1. The summed E-state index contributed by atoms with van der Waals surface area (Å²) in [5.41, 5.74) is 0. The molecule has 1 aliphatic carbocycles. The molecule has 2 aliphatic rings. The Kier molecular flexibility index (Phi) is 3.38. The van der Waals surface area contributed by atoms with Crippen LogP contribution >= 0.6 is 0 Å². The summed E-state index contributed by atoms with van der Waals surface area (Å²) in [6, 6.07) is 0.299. The summed E-state index contributed by atoms with van der Waals surface area (Å²) in [6.45, 7) is 2.41. The molecule has 0 aromatic heterocycles. The standard InChI is InChI=1S/C10H19NO3/c12-7-8-6-11(4-5-14-8)9-2-1-3-10(9)13/h8-10,12-13H,1-7H2/t8?,9-,10-/m0/s1. The second kappa shape index (κ2) is 4.57. The van der Waals surface area contributed by atoms with E-state index < -0.39 is 0 Å². The summed E-state index contributed by atoms with van der Waals surface area (Å²) in [7, 11) is 0. The highest BCUT2D eigenvalue weighted by atomic mass is 16.5. The largest absolute Gasteiger partial charge is 0.394 e. The van der Waals surface area contributed by atoms with Gasteiger partial charge in [0.15, 0.2) is 0 Å². The first kappa shape index (κ1) is 10.4. The predicted octanol–water partition coefficient (Wildman–Crippen LogP) is -0.407. The first-order valence-corrected chi connectivity index (χ1v) is 5.46. The molecule has 0 radical (unpaired) electrons. The molecular formula is C10H19NO3. The Labute approximate surface area is 84.5 Å². The van der Waals surface area contributed by atoms with Crippen LogP contribution in [0, 0.1) is 0 Å². The minimum atomic E-state index is -0.174. The van der Waals surface area contributed by atoms with Crippen molar-refractivity contribution in [2.75, 3.05) is 26.3 Å². The van der Waals surface area contributed by atoms with Crippen molar-refractivity contribution in [1.29, 1.82) is 0 Å². The van der Waals surface area contributed by atoms with Crippen LogP contribution in [-0.4, -0.2) is 59.7 Å². The number of hydrogen-bond donors (Lipinski definition) is 2. The number of hydrogen-bond acceptors (Lipinski definition) is 4. The average Bonchev–Trinajstić information content (AvgIpc) is 2.65. The van der Waals surface area contributed by atoms with Gasteiger partial charge in [0, 0.05) is 19.1 Å². The van der Waals surface area contributed by atoms with E-state index in [-0.39, 0.29) is 18.8 Å². The number of aliphatic hydroxyl groups is 2. The quantitative estimate of drug-likeness (QED) is 0.638. The summed E-state index contributed by atoms with van der Waals surface area (Å²) in [4.78, 5) is 2.27. The maximum Gasteiger partial charge on any atom is 0.0933 e. The Morgan fingerprint density at radius 3 is 2.86 bits per heavy atom. The third kappa shape index (κ3) is 2.08. The van der Waals surface area contributed by atoms with E-state index in [0.717, 1.165) is 32.4 Å². The van der Waals surface area contributed by atoms with Crippen molar-refractivity contribution in [3.8, 4) is 0 Å². The molecule has 4 heteroatoms. The fraction of sp³-hybridized carbons (Fsp3) is 1.00. The lowest BCUT2D eigenvalue weighted by atomic mass is 10.1. The van der Waals surface area contributed by atoms with E-state index in [0.29, 0.717) is 12.6 Å². The molecule has 1 saturated carbocycles. The van der Waals surface area contributed by atoms with Crippen LogP contribution in [0.15, 0.2) is 0 Å². The molecule has 2 N–H and O–H groups in total. The van der Waals surface area contributed by atoms with Gasteiger partial charge in [-0.25, -0.2) is 0 Å². The SMILES string of the molecule is OCC1CN([C@H]2CCC[C@@H]2O)CCO1. The summed E-state index contributed by atoms with van der Waals surface area (Å²) in [5.74, 6) is 0. The van der Waals surface area contributed by atoms with Crippen molar-refractivity contribution in [3.05, 3.63) is 0 Å². The fourth-order valence-electron chi connectivity index (χ4n) is 2.50. The van der Waals surface area contributed by atoms with Crippen LogP contribution in [0.4, 0.5) is 0 Å². The van der Waals surface area contributed by atoms with Crippen LogP contribution in [0.5, 0.6) is 0 Å². The zero-order valence-corrected chi connectivity index (χ0v) is 8.43. The van der Waals surface area contributed by atoms with E-state index in [1.54, 1.807) is 0 Å². The van der Waals surface area contributed by atoms with E-state index in [4.69, 9.17) is 9.84 Å². The highest BCUT2D eigenvalue weighted by Crippen LogP contribution is 2.25. The zero-order valence-electron chi connectivity index (χ0n) is 8.43. The third-order valence-corrected chi connectivity index (χ3v) is 3.29. The van der Waals surface area contributed by atoms with Crippen LogP contribution in [0.1, 0.15) is 19.3 Å². The molecule has 0 amide bonds. The van der Waals surface area contributed by atoms with E-state index >= 15 is 0 Å². The van der Waals surface area contributed by atoms with Crippen LogP contribution in [-0.2, 0) is 4.74 Å². The molecule has 14 heavy (non-hydrogen) atoms. The van der Waals surface area contributed by atoms with Gasteiger partial charge in [0.25, 0.3) is 0 Å². The minimum absolute atomic E-state index is 0.0588. The van der Waals surface area contributed by atoms with Gasteiger partial charge in [-0.2, -0.15) is 0 Å². The van der Waals surface area contributed by atoms with E-state index in [2.05, 4.69) is 4.90 Å². The Morgan fingerprint density at radius 2 is 2.21 bits per heavy atom. The second-order valence-electron chi connectivity index (χ2n) is 4.24. The Balaban J connectivity index is 1.90. The molecule has 1 saturated heterocycles. The van der Waals surface area contributed by atoms with Crippen molar-refractivity contribution < 1.29 is 14.9 Å². The van der Waals surface area contributed by atoms with E-state index in [9.17, 15) is 5.11 Å². The molecule has 1 heterocycles.